The van der Waals surface area contributed by atoms with Crippen molar-refractivity contribution in [2.45, 2.75) is 5.75 Å². The second-order valence-corrected chi connectivity index (χ2v) is 3.84. The van der Waals surface area contributed by atoms with Crippen LogP contribution < -0.4 is 0 Å². The number of carboxylic acid groups (broad SMARTS) is 1. The van der Waals surface area contributed by atoms with Crippen LogP contribution in [0.5, 0.6) is 0 Å². The molecule has 0 unspecified atom stereocenters. The Labute approximate surface area is 87.6 Å². The van der Waals surface area contributed by atoms with E-state index in [1.54, 1.807) is 23.9 Å². The van der Waals surface area contributed by atoms with Gasteiger partial charge in [-0.2, -0.15) is 11.8 Å². The number of carboxylic acids is 1. The van der Waals surface area contributed by atoms with Gasteiger partial charge in [0.05, 0.1) is 5.56 Å². The zero-order valence-electron chi connectivity index (χ0n) is 7.77. The third kappa shape index (κ3) is 3.26. The predicted molar refractivity (Wildman–Crippen MR) is 59.8 cm³/mol. The monoisotopic (exact) mass is 208 g/mol. The molecule has 1 N–H and O–H groups in total. The normalized spacial score (nSPS) is 9.71. The molecular weight excluding hydrogens is 196 g/mol. The van der Waals surface area contributed by atoms with Gasteiger partial charge in [0.25, 0.3) is 0 Å². The summed E-state index contributed by atoms with van der Waals surface area (Å²) < 4.78 is 0. The molecule has 3 heteroatoms. The molecule has 0 aliphatic carbocycles. The molecule has 0 amide bonds. The summed E-state index contributed by atoms with van der Waals surface area (Å²) in [5.41, 5.74) is 1.48. The molecule has 0 spiro atoms. The Bertz CT molecular complexity index is 317. The van der Waals surface area contributed by atoms with Crippen LogP contribution in [0.2, 0.25) is 0 Å². The van der Waals surface area contributed by atoms with E-state index in [0.29, 0.717) is 5.56 Å². The first-order valence-electron chi connectivity index (χ1n) is 4.25. The maximum Gasteiger partial charge on any atom is 0.335 e. The average Bonchev–Trinajstić information content (AvgIpc) is 2.19. The minimum absolute atomic E-state index is 0.336. The van der Waals surface area contributed by atoms with Gasteiger partial charge in [-0.05, 0) is 17.7 Å². The number of aromatic carboxylic acids is 1. The van der Waals surface area contributed by atoms with E-state index >= 15 is 0 Å². The predicted octanol–water partition coefficient (Wildman–Crippen LogP) is 2.80. The molecule has 0 aliphatic heterocycles. The fourth-order valence-corrected chi connectivity index (χ4v) is 1.72. The van der Waals surface area contributed by atoms with E-state index in [9.17, 15) is 4.79 Å². The minimum atomic E-state index is -0.879. The SMILES string of the molecule is C=CCSCc1ccc(C(=O)O)cc1. The quantitative estimate of drug-likeness (QED) is 0.597. The smallest absolute Gasteiger partial charge is 0.335 e. The Morgan fingerprint density at radius 2 is 2.07 bits per heavy atom. The van der Waals surface area contributed by atoms with E-state index in [0.717, 1.165) is 17.1 Å². The van der Waals surface area contributed by atoms with Gasteiger partial charge in [0.15, 0.2) is 0 Å². The van der Waals surface area contributed by atoms with Crippen molar-refractivity contribution >= 4 is 17.7 Å². The van der Waals surface area contributed by atoms with Gasteiger partial charge >= 0.3 is 5.97 Å². The van der Waals surface area contributed by atoms with Gasteiger partial charge in [-0.1, -0.05) is 18.2 Å². The summed E-state index contributed by atoms with van der Waals surface area (Å²) in [7, 11) is 0. The lowest BCUT2D eigenvalue weighted by molar-refractivity contribution is 0.0697. The Balaban J connectivity index is 2.55. The van der Waals surface area contributed by atoms with Crippen LogP contribution in [-0.4, -0.2) is 16.8 Å². The fraction of sp³-hybridized carbons (Fsp3) is 0.182. The number of carbonyl (C=O) groups is 1. The third-order valence-electron chi connectivity index (χ3n) is 1.71. The van der Waals surface area contributed by atoms with Crippen LogP contribution in [0, 0.1) is 0 Å². The fourth-order valence-electron chi connectivity index (χ4n) is 1.00. The summed E-state index contributed by atoms with van der Waals surface area (Å²) in [5, 5.41) is 8.67. The van der Waals surface area contributed by atoms with Gasteiger partial charge in [0.1, 0.15) is 0 Å². The first-order valence-corrected chi connectivity index (χ1v) is 5.40. The summed E-state index contributed by atoms with van der Waals surface area (Å²) >= 11 is 1.76. The van der Waals surface area contributed by atoms with Crippen molar-refractivity contribution in [1.82, 2.24) is 0 Å². The van der Waals surface area contributed by atoms with Crippen LogP contribution >= 0.6 is 11.8 Å². The van der Waals surface area contributed by atoms with Gasteiger partial charge < -0.3 is 5.11 Å². The van der Waals surface area contributed by atoms with E-state index in [1.165, 1.54) is 0 Å². The molecule has 2 nitrogen and oxygen atoms in total. The van der Waals surface area contributed by atoms with Crippen LogP contribution in [0.15, 0.2) is 36.9 Å². The molecule has 0 saturated heterocycles. The molecule has 14 heavy (non-hydrogen) atoms. The highest BCUT2D eigenvalue weighted by Gasteiger charge is 2.00. The lowest BCUT2D eigenvalue weighted by Crippen LogP contribution is -1.95. The van der Waals surface area contributed by atoms with Crippen LogP contribution in [0.25, 0.3) is 0 Å². The highest BCUT2D eigenvalue weighted by molar-refractivity contribution is 7.98. The number of rotatable bonds is 5. The van der Waals surface area contributed by atoms with E-state index in [2.05, 4.69) is 6.58 Å². The van der Waals surface area contributed by atoms with Crippen LogP contribution in [-0.2, 0) is 5.75 Å². The summed E-state index contributed by atoms with van der Waals surface area (Å²) in [6.45, 7) is 3.63. The van der Waals surface area contributed by atoms with E-state index in [1.807, 2.05) is 18.2 Å². The van der Waals surface area contributed by atoms with Crippen molar-refractivity contribution in [1.29, 1.82) is 0 Å². The number of benzene rings is 1. The zero-order chi connectivity index (χ0) is 10.4. The molecule has 1 aromatic carbocycles. The molecule has 0 bridgehead atoms. The minimum Gasteiger partial charge on any atom is -0.478 e. The van der Waals surface area contributed by atoms with Crippen LogP contribution in [0.3, 0.4) is 0 Å². The first kappa shape index (κ1) is 10.9. The molecule has 1 aromatic rings. The maximum absolute atomic E-state index is 10.6. The topological polar surface area (TPSA) is 37.3 Å². The average molecular weight is 208 g/mol. The lowest BCUT2D eigenvalue weighted by Gasteiger charge is -2.00. The Morgan fingerprint density at radius 1 is 1.43 bits per heavy atom. The van der Waals surface area contributed by atoms with E-state index in [-0.39, 0.29) is 0 Å². The standard InChI is InChI=1S/C11H12O2S/c1-2-7-14-8-9-3-5-10(6-4-9)11(12)13/h2-6H,1,7-8H2,(H,12,13). The molecule has 0 atom stereocenters. The Morgan fingerprint density at radius 3 is 2.57 bits per heavy atom. The van der Waals surface area contributed by atoms with Crippen molar-refractivity contribution in [3.63, 3.8) is 0 Å². The summed E-state index contributed by atoms with van der Waals surface area (Å²) in [4.78, 5) is 10.6. The molecule has 0 aromatic heterocycles. The Hall–Kier alpha value is -1.22. The number of hydrogen-bond acceptors (Lipinski definition) is 2. The van der Waals surface area contributed by atoms with E-state index < -0.39 is 5.97 Å². The Kier molecular flexibility index (Phi) is 4.26. The zero-order valence-corrected chi connectivity index (χ0v) is 8.59. The molecule has 74 valence electrons. The molecule has 0 fully saturated rings. The second kappa shape index (κ2) is 5.50. The summed E-state index contributed by atoms with van der Waals surface area (Å²) in [5.74, 6) is 0.933. The van der Waals surface area contributed by atoms with Crippen molar-refractivity contribution in [3.8, 4) is 0 Å². The largest absolute Gasteiger partial charge is 0.478 e. The first-order chi connectivity index (χ1) is 6.74. The second-order valence-electron chi connectivity index (χ2n) is 2.81. The van der Waals surface area contributed by atoms with Gasteiger partial charge in [0, 0.05) is 11.5 Å². The highest BCUT2D eigenvalue weighted by Crippen LogP contribution is 2.12. The molecule has 0 radical (unpaired) electrons. The van der Waals surface area contributed by atoms with Crippen LogP contribution in [0.4, 0.5) is 0 Å². The molecule has 1 rings (SSSR count). The van der Waals surface area contributed by atoms with Gasteiger partial charge in [-0.3, -0.25) is 0 Å². The van der Waals surface area contributed by atoms with Crippen molar-refractivity contribution < 1.29 is 9.90 Å². The maximum atomic E-state index is 10.6. The van der Waals surface area contributed by atoms with Crippen molar-refractivity contribution in [2.24, 2.45) is 0 Å². The molecule has 0 heterocycles. The van der Waals surface area contributed by atoms with Crippen molar-refractivity contribution in [2.75, 3.05) is 5.75 Å². The van der Waals surface area contributed by atoms with Gasteiger partial charge in [-0.25, -0.2) is 4.79 Å². The molecular formula is C11H12O2S. The highest BCUT2D eigenvalue weighted by atomic mass is 32.2. The van der Waals surface area contributed by atoms with E-state index in [4.69, 9.17) is 5.11 Å². The summed E-state index contributed by atoms with van der Waals surface area (Å²) in [6.07, 6.45) is 1.86. The summed E-state index contributed by atoms with van der Waals surface area (Å²) in [6, 6.07) is 6.96. The van der Waals surface area contributed by atoms with Crippen LogP contribution in [0.1, 0.15) is 15.9 Å². The van der Waals surface area contributed by atoms with Gasteiger partial charge in [0.2, 0.25) is 0 Å². The van der Waals surface area contributed by atoms with Gasteiger partial charge in [-0.15, -0.1) is 6.58 Å². The molecule has 0 aliphatic rings. The lowest BCUT2D eigenvalue weighted by atomic mass is 10.1. The number of hydrogen-bond donors (Lipinski definition) is 1. The van der Waals surface area contributed by atoms with Crippen molar-refractivity contribution in [3.05, 3.63) is 48.0 Å². The number of thioether (sulfide) groups is 1. The third-order valence-corrected chi connectivity index (χ3v) is 2.71. The molecule has 0 saturated carbocycles.